The van der Waals surface area contributed by atoms with E-state index in [1.54, 1.807) is 0 Å². The van der Waals surface area contributed by atoms with E-state index >= 15 is 0 Å². The summed E-state index contributed by atoms with van der Waals surface area (Å²) in [5, 5.41) is 0. The summed E-state index contributed by atoms with van der Waals surface area (Å²) in [7, 11) is 0. The van der Waals surface area contributed by atoms with Gasteiger partial charge >= 0.3 is 0 Å². The van der Waals surface area contributed by atoms with Crippen LogP contribution in [0.15, 0.2) is 24.3 Å². The molecule has 1 aromatic rings. The van der Waals surface area contributed by atoms with Crippen molar-refractivity contribution >= 4 is 0 Å². The van der Waals surface area contributed by atoms with Gasteiger partial charge in [0.05, 0.1) is 6.61 Å². The average molecular weight is 361 g/mol. The van der Waals surface area contributed by atoms with E-state index in [0.29, 0.717) is 11.8 Å². The number of benzene rings is 1. The fourth-order valence-corrected chi connectivity index (χ4v) is 3.64. The number of hydrogen-bond acceptors (Lipinski definition) is 2. The minimum atomic E-state index is -0.163. The molecule has 1 aromatic carbocycles. The fraction of sp³-hybridized carbons (Fsp3) is 0.750. The Morgan fingerprint density at radius 3 is 2.19 bits per heavy atom. The molecule has 148 valence electrons. The zero-order valence-corrected chi connectivity index (χ0v) is 17.9. The second-order valence-corrected chi connectivity index (χ2v) is 9.65. The molecule has 0 saturated heterocycles. The molecule has 0 radical (unpaired) electrons. The Hall–Kier alpha value is -1.02. The predicted octanol–water partition coefficient (Wildman–Crippen LogP) is 7.18. The van der Waals surface area contributed by atoms with Gasteiger partial charge in [-0.05, 0) is 60.1 Å². The fourth-order valence-electron chi connectivity index (χ4n) is 3.64. The van der Waals surface area contributed by atoms with Gasteiger partial charge in [-0.2, -0.15) is 0 Å². The zero-order valence-electron chi connectivity index (χ0n) is 17.9. The molecule has 0 aromatic heterocycles. The molecule has 2 rings (SSSR count). The Morgan fingerprint density at radius 1 is 1.04 bits per heavy atom. The van der Waals surface area contributed by atoms with Gasteiger partial charge in [0.2, 0.25) is 0 Å². The molecule has 1 fully saturated rings. The molecular formula is C24H40O2. The van der Waals surface area contributed by atoms with E-state index in [0.717, 1.165) is 31.1 Å². The highest BCUT2D eigenvalue weighted by Crippen LogP contribution is 2.31. The van der Waals surface area contributed by atoms with Crippen molar-refractivity contribution in [1.82, 2.24) is 0 Å². The standard InChI is InChI=1S/C24H40O2/c1-7-19(3)21-12-14-22(15-13-21)26-23(16-24(4,5)6)25-17-20-10-8-18(2)9-11-20/h12-15,18-20,23H,7-11,16-17H2,1-6H3. The summed E-state index contributed by atoms with van der Waals surface area (Å²) >= 11 is 0. The van der Waals surface area contributed by atoms with Crippen LogP contribution < -0.4 is 4.74 Å². The largest absolute Gasteiger partial charge is 0.465 e. The summed E-state index contributed by atoms with van der Waals surface area (Å²) < 4.78 is 12.5. The first-order valence-corrected chi connectivity index (χ1v) is 10.6. The molecule has 26 heavy (non-hydrogen) atoms. The van der Waals surface area contributed by atoms with Crippen molar-refractivity contribution in [3.63, 3.8) is 0 Å². The van der Waals surface area contributed by atoms with Gasteiger partial charge in [0.25, 0.3) is 0 Å². The Bertz CT molecular complexity index is 506. The third-order valence-corrected chi connectivity index (χ3v) is 5.76. The highest BCUT2D eigenvalue weighted by atomic mass is 16.7. The van der Waals surface area contributed by atoms with E-state index in [2.05, 4.69) is 65.8 Å². The number of hydrogen-bond donors (Lipinski definition) is 0. The summed E-state index contributed by atoms with van der Waals surface area (Å²) in [6, 6.07) is 8.59. The van der Waals surface area contributed by atoms with Crippen LogP contribution in [0.2, 0.25) is 0 Å². The molecule has 0 spiro atoms. The van der Waals surface area contributed by atoms with Crippen LogP contribution in [0.4, 0.5) is 0 Å². The van der Waals surface area contributed by atoms with Crippen molar-refractivity contribution in [2.24, 2.45) is 17.3 Å². The average Bonchev–Trinajstić information content (AvgIpc) is 2.59. The summed E-state index contributed by atoms with van der Waals surface area (Å²) in [4.78, 5) is 0. The van der Waals surface area contributed by atoms with E-state index in [-0.39, 0.29) is 11.7 Å². The third kappa shape index (κ3) is 7.31. The lowest BCUT2D eigenvalue weighted by Gasteiger charge is -2.30. The molecule has 1 aliphatic rings. The van der Waals surface area contributed by atoms with Gasteiger partial charge < -0.3 is 9.47 Å². The van der Waals surface area contributed by atoms with Gasteiger partial charge in [0.1, 0.15) is 5.75 Å². The summed E-state index contributed by atoms with van der Waals surface area (Å²) in [6.45, 7) is 14.5. The van der Waals surface area contributed by atoms with E-state index < -0.39 is 0 Å². The van der Waals surface area contributed by atoms with Crippen molar-refractivity contribution in [2.45, 2.75) is 92.3 Å². The van der Waals surface area contributed by atoms with Gasteiger partial charge in [-0.15, -0.1) is 0 Å². The summed E-state index contributed by atoms with van der Waals surface area (Å²) in [5.74, 6) is 3.10. The van der Waals surface area contributed by atoms with Gasteiger partial charge in [0.15, 0.2) is 6.29 Å². The van der Waals surface area contributed by atoms with Crippen molar-refractivity contribution in [2.75, 3.05) is 6.61 Å². The quantitative estimate of drug-likeness (QED) is 0.457. The highest BCUT2D eigenvalue weighted by Gasteiger charge is 2.24. The lowest BCUT2D eigenvalue weighted by Crippen LogP contribution is -2.29. The first-order chi connectivity index (χ1) is 12.3. The molecule has 0 N–H and O–H groups in total. The zero-order chi connectivity index (χ0) is 19.2. The van der Waals surface area contributed by atoms with Gasteiger partial charge in [-0.1, -0.05) is 66.5 Å². The normalized spacial score (nSPS) is 23.5. The maximum Gasteiger partial charge on any atom is 0.200 e. The van der Waals surface area contributed by atoms with Crippen molar-refractivity contribution in [3.8, 4) is 5.75 Å². The van der Waals surface area contributed by atoms with Crippen LogP contribution in [0.3, 0.4) is 0 Å². The smallest absolute Gasteiger partial charge is 0.200 e. The van der Waals surface area contributed by atoms with Crippen LogP contribution in [-0.2, 0) is 4.74 Å². The predicted molar refractivity (Wildman–Crippen MR) is 111 cm³/mol. The Kier molecular flexibility index (Phi) is 8.01. The lowest BCUT2D eigenvalue weighted by molar-refractivity contribution is -0.113. The van der Waals surface area contributed by atoms with E-state index in [9.17, 15) is 0 Å². The molecule has 2 heteroatoms. The topological polar surface area (TPSA) is 18.5 Å². The summed E-state index contributed by atoms with van der Waals surface area (Å²) in [5.41, 5.74) is 1.56. The van der Waals surface area contributed by atoms with Crippen LogP contribution in [0.1, 0.15) is 91.5 Å². The maximum atomic E-state index is 6.27. The van der Waals surface area contributed by atoms with Crippen molar-refractivity contribution < 1.29 is 9.47 Å². The molecule has 0 bridgehead atoms. The van der Waals surface area contributed by atoms with Crippen LogP contribution >= 0.6 is 0 Å². The molecule has 2 atom stereocenters. The maximum absolute atomic E-state index is 6.27. The second kappa shape index (κ2) is 9.78. The molecule has 2 nitrogen and oxygen atoms in total. The Balaban J connectivity index is 1.93. The number of ether oxygens (including phenoxy) is 2. The first-order valence-electron chi connectivity index (χ1n) is 10.6. The minimum Gasteiger partial charge on any atom is -0.465 e. The minimum absolute atomic E-state index is 0.163. The van der Waals surface area contributed by atoms with Crippen LogP contribution in [0.5, 0.6) is 5.75 Å². The van der Waals surface area contributed by atoms with Crippen LogP contribution in [0, 0.1) is 17.3 Å². The van der Waals surface area contributed by atoms with Gasteiger partial charge in [-0.3, -0.25) is 0 Å². The molecule has 1 saturated carbocycles. The van der Waals surface area contributed by atoms with Crippen molar-refractivity contribution in [3.05, 3.63) is 29.8 Å². The molecule has 0 heterocycles. The molecule has 1 aliphatic carbocycles. The first kappa shape index (κ1) is 21.3. The van der Waals surface area contributed by atoms with Gasteiger partial charge in [-0.25, -0.2) is 0 Å². The van der Waals surface area contributed by atoms with Gasteiger partial charge in [0, 0.05) is 6.42 Å². The SMILES string of the molecule is CCC(C)c1ccc(OC(CC(C)(C)C)OCC2CCC(C)CC2)cc1. The lowest BCUT2D eigenvalue weighted by atomic mass is 9.83. The molecule has 0 aliphatic heterocycles. The van der Waals surface area contributed by atoms with E-state index in [1.165, 1.54) is 31.2 Å². The number of rotatable bonds is 8. The third-order valence-electron chi connectivity index (χ3n) is 5.76. The van der Waals surface area contributed by atoms with Crippen LogP contribution in [0.25, 0.3) is 0 Å². The second-order valence-electron chi connectivity index (χ2n) is 9.65. The van der Waals surface area contributed by atoms with E-state index in [4.69, 9.17) is 9.47 Å². The molecule has 0 amide bonds. The molecular weight excluding hydrogens is 320 g/mol. The van der Waals surface area contributed by atoms with Crippen LogP contribution in [-0.4, -0.2) is 12.9 Å². The van der Waals surface area contributed by atoms with E-state index in [1.807, 2.05) is 0 Å². The van der Waals surface area contributed by atoms with Crippen molar-refractivity contribution in [1.29, 1.82) is 0 Å². The Morgan fingerprint density at radius 2 is 1.65 bits per heavy atom. The highest BCUT2D eigenvalue weighted by molar-refractivity contribution is 5.29. The molecule has 2 unspecified atom stereocenters. The monoisotopic (exact) mass is 360 g/mol. The summed E-state index contributed by atoms with van der Waals surface area (Å²) in [6.07, 6.45) is 7.19. The Labute approximate surface area is 161 Å².